The van der Waals surface area contributed by atoms with Crippen molar-refractivity contribution in [3.63, 3.8) is 0 Å². The summed E-state index contributed by atoms with van der Waals surface area (Å²) in [6.07, 6.45) is 6.57. The molecule has 1 fully saturated rings. The van der Waals surface area contributed by atoms with Gasteiger partial charge in [-0.25, -0.2) is 0 Å². The molecule has 0 unspecified atom stereocenters. The van der Waals surface area contributed by atoms with Gasteiger partial charge in [0, 0.05) is 32.7 Å². The molecule has 1 aromatic heterocycles. The fourth-order valence-electron chi connectivity index (χ4n) is 4.72. The average Bonchev–Trinajstić information content (AvgIpc) is 3.05. The summed E-state index contributed by atoms with van der Waals surface area (Å²) in [4.78, 5) is 42.5. The van der Waals surface area contributed by atoms with E-state index in [1.54, 1.807) is 25.9 Å². The van der Waals surface area contributed by atoms with Crippen LogP contribution in [0.3, 0.4) is 0 Å². The Balaban J connectivity index is 1.51. The Morgan fingerprint density at radius 3 is 2.48 bits per heavy atom. The smallest absolute Gasteiger partial charge is 0.274 e. The number of carbonyl (C=O) groups excluding carboxylic acids is 3. The molecule has 1 atom stereocenters. The number of benzene rings is 1. The zero-order valence-electron chi connectivity index (χ0n) is 19.7. The maximum atomic E-state index is 13.3. The Morgan fingerprint density at radius 2 is 1.82 bits per heavy atom. The highest BCUT2D eigenvalue weighted by molar-refractivity contribution is 6.01. The van der Waals surface area contributed by atoms with E-state index in [0.717, 1.165) is 31.2 Å². The summed E-state index contributed by atoms with van der Waals surface area (Å²) in [5.41, 5.74) is 0.474. The Labute approximate surface area is 194 Å². The average molecular weight is 452 g/mol. The maximum Gasteiger partial charge on any atom is 0.274 e. The zero-order valence-corrected chi connectivity index (χ0v) is 19.7. The molecule has 1 N–H and O–H groups in total. The van der Waals surface area contributed by atoms with Crippen molar-refractivity contribution in [2.24, 2.45) is 0 Å². The van der Waals surface area contributed by atoms with Crippen LogP contribution in [0, 0.1) is 0 Å². The maximum absolute atomic E-state index is 13.3. The number of nitrogens with zero attached hydrogens (tertiary/aromatic N) is 4. The van der Waals surface area contributed by atoms with Gasteiger partial charge < -0.3 is 15.1 Å². The molecule has 8 nitrogen and oxygen atoms in total. The van der Waals surface area contributed by atoms with Crippen LogP contribution in [-0.2, 0) is 17.9 Å². The fourth-order valence-corrected chi connectivity index (χ4v) is 4.72. The number of amides is 3. The highest BCUT2D eigenvalue weighted by Gasteiger charge is 2.46. The van der Waals surface area contributed by atoms with Gasteiger partial charge >= 0.3 is 0 Å². The van der Waals surface area contributed by atoms with E-state index in [1.807, 2.05) is 30.3 Å². The minimum atomic E-state index is -1.07. The Hall–Kier alpha value is -3.16. The minimum absolute atomic E-state index is 0.142. The van der Waals surface area contributed by atoms with Gasteiger partial charge in [-0.05, 0) is 25.3 Å². The van der Waals surface area contributed by atoms with Crippen molar-refractivity contribution in [1.29, 1.82) is 0 Å². The van der Waals surface area contributed by atoms with Gasteiger partial charge in [0.15, 0.2) is 5.69 Å². The van der Waals surface area contributed by atoms with E-state index in [9.17, 15) is 14.4 Å². The SMILES string of the molecule is CN(Cc1ccccc1)C(=O)c1cc2n(n1)C[C@@](C)(C(=O)NC1CCCCCC1)N(C)C2=O. The molecule has 1 saturated carbocycles. The van der Waals surface area contributed by atoms with Crippen LogP contribution < -0.4 is 5.32 Å². The molecule has 0 saturated heterocycles. The largest absolute Gasteiger partial charge is 0.351 e. The summed E-state index contributed by atoms with van der Waals surface area (Å²) in [5, 5.41) is 7.61. The molecule has 2 heterocycles. The summed E-state index contributed by atoms with van der Waals surface area (Å²) in [6, 6.07) is 11.4. The molecule has 176 valence electrons. The lowest BCUT2D eigenvalue weighted by Gasteiger charge is -2.41. The van der Waals surface area contributed by atoms with E-state index in [1.165, 1.54) is 28.5 Å². The number of hydrogen-bond acceptors (Lipinski definition) is 4. The number of aromatic nitrogens is 2. The molecule has 1 aromatic carbocycles. The summed E-state index contributed by atoms with van der Waals surface area (Å²) in [6.45, 7) is 2.42. The van der Waals surface area contributed by atoms with Crippen LogP contribution in [0.2, 0.25) is 0 Å². The Bertz CT molecular complexity index is 1030. The van der Waals surface area contributed by atoms with Crippen molar-refractivity contribution in [3.8, 4) is 0 Å². The topological polar surface area (TPSA) is 87.5 Å². The molecule has 3 amide bonds. The van der Waals surface area contributed by atoms with Gasteiger partial charge in [0.25, 0.3) is 11.8 Å². The highest BCUT2D eigenvalue weighted by atomic mass is 16.2. The summed E-state index contributed by atoms with van der Waals surface area (Å²) >= 11 is 0. The number of hydrogen-bond donors (Lipinski definition) is 1. The molecular weight excluding hydrogens is 418 g/mol. The zero-order chi connectivity index (χ0) is 23.6. The van der Waals surface area contributed by atoms with Gasteiger partial charge in [-0.1, -0.05) is 56.0 Å². The molecule has 0 spiro atoms. The van der Waals surface area contributed by atoms with E-state index in [4.69, 9.17) is 0 Å². The Kier molecular flexibility index (Phi) is 6.54. The van der Waals surface area contributed by atoms with Crippen molar-refractivity contribution in [3.05, 3.63) is 53.3 Å². The predicted molar refractivity (Wildman–Crippen MR) is 125 cm³/mol. The first-order valence-electron chi connectivity index (χ1n) is 11.8. The summed E-state index contributed by atoms with van der Waals surface area (Å²) in [5.74, 6) is -0.738. The normalized spacial score (nSPS) is 21.3. The predicted octanol–water partition coefficient (Wildman–Crippen LogP) is 2.84. The first kappa shape index (κ1) is 23.0. The number of fused-ring (bicyclic) bond motifs is 1. The molecule has 8 heteroatoms. The van der Waals surface area contributed by atoms with Crippen LogP contribution in [0.1, 0.15) is 72.0 Å². The highest BCUT2D eigenvalue weighted by Crippen LogP contribution is 2.27. The molecule has 1 aliphatic heterocycles. The van der Waals surface area contributed by atoms with Crippen molar-refractivity contribution in [2.75, 3.05) is 14.1 Å². The van der Waals surface area contributed by atoms with E-state index in [-0.39, 0.29) is 36.0 Å². The second-order valence-electron chi connectivity index (χ2n) is 9.52. The first-order chi connectivity index (χ1) is 15.8. The second kappa shape index (κ2) is 9.37. The van der Waals surface area contributed by atoms with Gasteiger partial charge in [-0.2, -0.15) is 5.10 Å². The van der Waals surface area contributed by atoms with E-state index in [2.05, 4.69) is 10.4 Å². The molecule has 2 aliphatic rings. The Morgan fingerprint density at radius 1 is 1.15 bits per heavy atom. The molecule has 1 aliphatic carbocycles. The fraction of sp³-hybridized carbons (Fsp3) is 0.520. The number of likely N-dealkylation sites (N-methyl/N-ethyl adjacent to an activating group) is 1. The lowest BCUT2D eigenvalue weighted by Crippen LogP contribution is -2.63. The second-order valence-corrected chi connectivity index (χ2v) is 9.52. The third kappa shape index (κ3) is 4.65. The lowest BCUT2D eigenvalue weighted by molar-refractivity contribution is -0.133. The van der Waals surface area contributed by atoms with Gasteiger partial charge in [0.1, 0.15) is 11.2 Å². The quantitative estimate of drug-likeness (QED) is 0.708. The number of rotatable bonds is 5. The molecular formula is C25H33N5O3. The minimum Gasteiger partial charge on any atom is -0.351 e. The van der Waals surface area contributed by atoms with Crippen molar-refractivity contribution in [1.82, 2.24) is 24.9 Å². The van der Waals surface area contributed by atoms with Crippen molar-refractivity contribution < 1.29 is 14.4 Å². The number of carbonyl (C=O) groups is 3. The van der Waals surface area contributed by atoms with E-state index in [0.29, 0.717) is 12.2 Å². The van der Waals surface area contributed by atoms with Crippen LogP contribution in [0.5, 0.6) is 0 Å². The lowest BCUT2D eigenvalue weighted by atomic mass is 9.95. The number of nitrogens with one attached hydrogen (secondary N) is 1. The van der Waals surface area contributed by atoms with Crippen LogP contribution >= 0.6 is 0 Å². The van der Waals surface area contributed by atoms with Crippen LogP contribution in [0.4, 0.5) is 0 Å². The van der Waals surface area contributed by atoms with Crippen LogP contribution in [0.15, 0.2) is 36.4 Å². The monoisotopic (exact) mass is 451 g/mol. The third-order valence-electron chi connectivity index (χ3n) is 7.01. The van der Waals surface area contributed by atoms with Gasteiger partial charge in [-0.3, -0.25) is 19.1 Å². The molecule has 0 bridgehead atoms. The third-order valence-corrected chi connectivity index (χ3v) is 7.01. The molecule has 0 radical (unpaired) electrons. The summed E-state index contributed by atoms with van der Waals surface area (Å²) in [7, 11) is 3.36. The van der Waals surface area contributed by atoms with Gasteiger partial charge in [-0.15, -0.1) is 0 Å². The van der Waals surface area contributed by atoms with E-state index >= 15 is 0 Å². The molecule has 4 rings (SSSR count). The van der Waals surface area contributed by atoms with Crippen molar-refractivity contribution in [2.45, 2.75) is 70.1 Å². The van der Waals surface area contributed by atoms with Crippen LogP contribution in [-0.4, -0.2) is 63.0 Å². The first-order valence-corrected chi connectivity index (χ1v) is 11.8. The molecule has 2 aromatic rings. The standard InChI is InChI=1S/C25H33N5O3/c1-25(24(33)26-19-13-9-4-5-10-14-19)17-30-21(23(32)29(25)3)15-20(27-30)22(31)28(2)16-18-11-7-6-8-12-18/h6-8,11-12,15,19H,4-5,9-10,13-14,16-17H2,1-3H3,(H,26,33)/t25-/m0/s1. The van der Waals surface area contributed by atoms with Gasteiger partial charge in [0.05, 0.1) is 6.54 Å². The van der Waals surface area contributed by atoms with Crippen molar-refractivity contribution >= 4 is 17.7 Å². The van der Waals surface area contributed by atoms with Crippen LogP contribution in [0.25, 0.3) is 0 Å². The molecule has 33 heavy (non-hydrogen) atoms. The summed E-state index contributed by atoms with van der Waals surface area (Å²) < 4.78 is 1.51. The van der Waals surface area contributed by atoms with E-state index < -0.39 is 5.54 Å². The van der Waals surface area contributed by atoms with Gasteiger partial charge in [0.2, 0.25) is 5.91 Å².